The van der Waals surface area contributed by atoms with Crippen molar-refractivity contribution in [1.82, 2.24) is 5.32 Å². The number of nitrogens with one attached hydrogen (secondary N) is 1. The van der Waals surface area contributed by atoms with Crippen molar-refractivity contribution in [3.63, 3.8) is 0 Å². The van der Waals surface area contributed by atoms with Crippen LogP contribution < -0.4 is 5.32 Å². The molecule has 1 N–H and O–H groups in total. The number of aryl methyl sites for hydroxylation is 2. The predicted octanol–water partition coefficient (Wildman–Crippen LogP) is 2.94. The van der Waals surface area contributed by atoms with Crippen molar-refractivity contribution in [2.45, 2.75) is 44.8 Å². The van der Waals surface area contributed by atoms with Crippen molar-refractivity contribution >= 4 is 11.3 Å². The minimum absolute atomic E-state index is 0.127. The Morgan fingerprint density at radius 3 is 2.79 bits per heavy atom. The van der Waals surface area contributed by atoms with Gasteiger partial charge in [0, 0.05) is 36.6 Å². The number of fused-ring (bicyclic) bond motifs is 1. The lowest BCUT2D eigenvalue weighted by atomic mass is 9.99. The monoisotopic (exact) mass is 283 g/mol. The van der Waals surface area contributed by atoms with Gasteiger partial charge in [-0.05, 0) is 44.2 Å². The second-order valence-corrected chi connectivity index (χ2v) is 6.42. The molecule has 0 amide bonds. The molecule has 2 unspecified atom stereocenters. The van der Waals surface area contributed by atoms with Crippen molar-refractivity contribution in [3.05, 3.63) is 21.4 Å². The lowest BCUT2D eigenvalue weighted by molar-refractivity contribution is 0.0277. The topological polar surface area (TPSA) is 30.5 Å². The van der Waals surface area contributed by atoms with Crippen LogP contribution in [0.25, 0.3) is 0 Å². The van der Waals surface area contributed by atoms with Crippen molar-refractivity contribution in [3.8, 4) is 0 Å². The lowest BCUT2D eigenvalue weighted by Crippen LogP contribution is -2.33. The van der Waals surface area contributed by atoms with Crippen LogP contribution in [0.5, 0.6) is 0 Å². The van der Waals surface area contributed by atoms with Crippen molar-refractivity contribution in [2.75, 3.05) is 27.4 Å². The zero-order valence-corrected chi connectivity index (χ0v) is 13.0. The van der Waals surface area contributed by atoms with Gasteiger partial charge in [-0.15, -0.1) is 11.3 Å². The Hall–Kier alpha value is -0.420. The molecule has 0 aromatic carbocycles. The summed E-state index contributed by atoms with van der Waals surface area (Å²) in [6.45, 7) is 3.70. The van der Waals surface area contributed by atoms with Crippen molar-refractivity contribution in [2.24, 2.45) is 0 Å². The summed E-state index contributed by atoms with van der Waals surface area (Å²) in [6.07, 6.45) is 5.38. The van der Waals surface area contributed by atoms with Crippen LogP contribution in [0.4, 0.5) is 0 Å². The third-order valence-corrected chi connectivity index (χ3v) is 5.20. The number of rotatable bonds is 7. The minimum Gasteiger partial charge on any atom is -0.382 e. The summed E-state index contributed by atoms with van der Waals surface area (Å²) in [7, 11) is 3.45. The Morgan fingerprint density at radius 2 is 2.11 bits per heavy atom. The van der Waals surface area contributed by atoms with Crippen LogP contribution in [0.3, 0.4) is 0 Å². The molecule has 1 aromatic rings. The molecule has 19 heavy (non-hydrogen) atoms. The van der Waals surface area contributed by atoms with E-state index in [-0.39, 0.29) is 6.10 Å². The zero-order chi connectivity index (χ0) is 13.7. The molecule has 0 saturated heterocycles. The van der Waals surface area contributed by atoms with Gasteiger partial charge < -0.3 is 14.8 Å². The van der Waals surface area contributed by atoms with Gasteiger partial charge in [-0.1, -0.05) is 0 Å². The molecule has 0 fully saturated rings. The fourth-order valence-corrected chi connectivity index (χ4v) is 3.82. The third kappa shape index (κ3) is 4.02. The maximum atomic E-state index is 5.37. The highest BCUT2D eigenvalue weighted by atomic mass is 32.1. The van der Waals surface area contributed by atoms with E-state index in [4.69, 9.17) is 9.47 Å². The first kappa shape index (κ1) is 15.0. The summed E-state index contributed by atoms with van der Waals surface area (Å²) < 4.78 is 10.5. The highest BCUT2D eigenvalue weighted by molar-refractivity contribution is 7.12. The van der Waals surface area contributed by atoms with E-state index in [0.717, 1.165) is 6.54 Å². The number of thiophene rings is 1. The fourth-order valence-electron chi connectivity index (χ4n) is 2.53. The van der Waals surface area contributed by atoms with Gasteiger partial charge >= 0.3 is 0 Å². The number of hydrogen-bond donors (Lipinski definition) is 1. The highest BCUT2D eigenvalue weighted by Gasteiger charge is 2.17. The fraction of sp³-hybridized carbons (Fsp3) is 0.733. The van der Waals surface area contributed by atoms with Crippen molar-refractivity contribution in [1.29, 1.82) is 0 Å². The second kappa shape index (κ2) is 7.39. The Labute approximate surface area is 120 Å². The first-order chi connectivity index (χ1) is 9.24. The molecule has 0 saturated carbocycles. The molecule has 1 aromatic heterocycles. The zero-order valence-electron chi connectivity index (χ0n) is 12.2. The lowest BCUT2D eigenvalue weighted by Gasteiger charge is -2.18. The SMILES string of the molecule is COCC(CNC(C)c1cc2c(s1)CCCC2)OC. The van der Waals surface area contributed by atoms with Crippen LogP contribution >= 0.6 is 11.3 Å². The van der Waals surface area contributed by atoms with Crippen LogP contribution in [0.1, 0.15) is 41.1 Å². The molecular formula is C15H25NO2S. The van der Waals surface area contributed by atoms with Gasteiger partial charge in [0.2, 0.25) is 0 Å². The van der Waals surface area contributed by atoms with E-state index in [2.05, 4.69) is 18.3 Å². The van der Waals surface area contributed by atoms with Gasteiger partial charge in [0.05, 0.1) is 12.7 Å². The van der Waals surface area contributed by atoms with Gasteiger partial charge in [0.1, 0.15) is 0 Å². The average molecular weight is 283 g/mol. The van der Waals surface area contributed by atoms with E-state index >= 15 is 0 Å². The van der Waals surface area contributed by atoms with Crippen LogP contribution in [-0.2, 0) is 22.3 Å². The van der Waals surface area contributed by atoms with E-state index in [0.29, 0.717) is 12.6 Å². The molecule has 2 rings (SSSR count). The molecule has 1 aliphatic carbocycles. The van der Waals surface area contributed by atoms with E-state index in [9.17, 15) is 0 Å². The summed E-state index contributed by atoms with van der Waals surface area (Å²) in [4.78, 5) is 3.06. The number of ether oxygens (including phenoxy) is 2. The smallest absolute Gasteiger partial charge is 0.0928 e. The molecule has 2 atom stereocenters. The number of methoxy groups -OCH3 is 2. The van der Waals surface area contributed by atoms with Gasteiger partial charge in [-0.3, -0.25) is 0 Å². The van der Waals surface area contributed by atoms with E-state index in [1.165, 1.54) is 30.6 Å². The molecule has 1 heterocycles. The Bertz CT molecular complexity index is 368. The van der Waals surface area contributed by atoms with Crippen LogP contribution in [0.15, 0.2) is 6.07 Å². The normalized spacial score (nSPS) is 18.1. The number of hydrogen-bond acceptors (Lipinski definition) is 4. The van der Waals surface area contributed by atoms with Gasteiger partial charge in [-0.25, -0.2) is 0 Å². The quantitative estimate of drug-likeness (QED) is 0.834. The van der Waals surface area contributed by atoms with Gasteiger partial charge in [-0.2, -0.15) is 0 Å². The van der Waals surface area contributed by atoms with Crippen molar-refractivity contribution < 1.29 is 9.47 Å². The van der Waals surface area contributed by atoms with Crippen LogP contribution in [0, 0.1) is 0 Å². The Kier molecular flexibility index (Phi) is 5.82. The summed E-state index contributed by atoms with van der Waals surface area (Å²) in [5.74, 6) is 0. The van der Waals surface area contributed by atoms with E-state index in [1.807, 2.05) is 11.3 Å². The first-order valence-corrected chi connectivity index (χ1v) is 7.92. The van der Waals surface area contributed by atoms with E-state index < -0.39 is 0 Å². The first-order valence-electron chi connectivity index (χ1n) is 7.11. The Balaban J connectivity index is 1.88. The molecule has 0 bridgehead atoms. The summed E-state index contributed by atoms with van der Waals surface area (Å²) in [5.41, 5.74) is 1.58. The van der Waals surface area contributed by atoms with Crippen LogP contribution in [-0.4, -0.2) is 33.5 Å². The molecule has 3 nitrogen and oxygen atoms in total. The molecule has 0 spiro atoms. The van der Waals surface area contributed by atoms with Gasteiger partial charge in [0.15, 0.2) is 0 Å². The second-order valence-electron chi connectivity index (χ2n) is 5.25. The maximum Gasteiger partial charge on any atom is 0.0928 e. The molecule has 1 aliphatic rings. The average Bonchev–Trinajstić information content (AvgIpc) is 2.87. The molecule has 108 valence electrons. The van der Waals surface area contributed by atoms with Crippen LogP contribution in [0.2, 0.25) is 0 Å². The molecule has 4 heteroatoms. The minimum atomic E-state index is 0.127. The maximum absolute atomic E-state index is 5.37. The summed E-state index contributed by atoms with van der Waals surface area (Å²) in [6, 6.07) is 2.79. The highest BCUT2D eigenvalue weighted by Crippen LogP contribution is 2.32. The van der Waals surface area contributed by atoms with E-state index in [1.54, 1.807) is 24.7 Å². The molecule has 0 radical (unpaired) electrons. The Morgan fingerprint density at radius 1 is 1.32 bits per heavy atom. The molecular weight excluding hydrogens is 258 g/mol. The summed E-state index contributed by atoms with van der Waals surface area (Å²) in [5, 5.41) is 3.55. The summed E-state index contributed by atoms with van der Waals surface area (Å²) >= 11 is 1.98. The third-order valence-electron chi connectivity index (χ3n) is 3.78. The largest absolute Gasteiger partial charge is 0.382 e. The predicted molar refractivity (Wildman–Crippen MR) is 80.1 cm³/mol. The van der Waals surface area contributed by atoms with Gasteiger partial charge in [0.25, 0.3) is 0 Å². The standard InChI is InChI=1S/C15H25NO2S/c1-11(16-9-13(18-3)10-17-2)15-8-12-6-4-5-7-14(12)19-15/h8,11,13,16H,4-7,9-10H2,1-3H3. The molecule has 0 aliphatic heterocycles.